The average Bonchev–Trinajstić information content (AvgIpc) is 2.53. The zero-order chi connectivity index (χ0) is 15.1. The average molecular weight is 280 g/mol. The summed E-state index contributed by atoms with van der Waals surface area (Å²) in [6.07, 6.45) is 5.31. The van der Waals surface area contributed by atoms with Gasteiger partial charge in [-0.1, -0.05) is 36.3 Å². The number of aliphatic hydroxyl groups excluding tert-OH is 1. The normalized spacial score (nSPS) is 9.71. The SMILES string of the molecule is C#Cc1cccc(NC(=O)NCc2ccccc2CO)c1. The standard InChI is InChI=1S/C17H16N2O2/c1-2-13-6-5-9-16(10-13)19-17(21)18-11-14-7-3-4-8-15(14)12-20/h1,3-10,20H,11-12H2,(H2,18,19,21). The van der Waals surface area contributed by atoms with Crippen molar-refractivity contribution in [2.75, 3.05) is 5.32 Å². The second-order valence-corrected chi connectivity index (χ2v) is 4.46. The summed E-state index contributed by atoms with van der Waals surface area (Å²) in [5.74, 6) is 2.51. The molecule has 0 saturated carbocycles. The lowest BCUT2D eigenvalue weighted by atomic mass is 10.1. The van der Waals surface area contributed by atoms with Crippen LogP contribution in [0.5, 0.6) is 0 Å². The Balaban J connectivity index is 1.94. The Kier molecular flexibility index (Phi) is 4.97. The molecule has 0 aliphatic rings. The molecule has 2 aromatic rings. The monoisotopic (exact) mass is 280 g/mol. The van der Waals surface area contributed by atoms with Gasteiger partial charge in [0.1, 0.15) is 0 Å². The van der Waals surface area contributed by atoms with Gasteiger partial charge in [-0.25, -0.2) is 4.79 Å². The lowest BCUT2D eigenvalue weighted by Gasteiger charge is -2.10. The van der Waals surface area contributed by atoms with Crippen molar-refractivity contribution in [2.24, 2.45) is 0 Å². The number of benzene rings is 2. The van der Waals surface area contributed by atoms with Crippen molar-refractivity contribution in [3.63, 3.8) is 0 Å². The van der Waals surface area contributed by atoms with E-state index >= 15 is 0 Å². The molecule has 0 radical (unpaired) electrons. The number of hydrogen-bond donors (Lipinski definition) is 3. The fourth-order valence-electron chi connectivity index (χ4n) is 1.92. The fraction of sp³-hybridized carbons (Fsp3) is 0.118. The first-order valence-corrected chi connectivity index (χ1v) is 6.52. The molecule has 3 N–H and O–H groups in total. The Hall–Kier alpha value is -2.77. The molecular weight excluding hydrogens is 264 g/mol. The van der Waals surface area contributed by atoms with Gasteiger partial charge in [-0.2, -0.15) is 0 Å². The Morgan fingerprint density at radius 2 is 1.90 bits per heavy atom. The molecule has 0 heterocycles. The van der Waals surface area contributed by atoms with Gasteiger partial charge in [0.2, 0.25) is 0 Å². The highest BCUT2D eigenvalue weighted by Gasteiger charge is 2.04. The highest BCUT2D eigenvalue weighted by Crippen LogP contribution is 2.10. The molecule has 0 aliphatic heterocycles. The van der Waals surface area contributed by atoms with Gasteiger partial charge in [0.15, 0.2) is 0 Å². The molecule has 0 aliphatic carbocycles. The van der Waals surface area contributed by atoms with Gasteiger partial charge >= 0.3 is 6.03 Å². The van der Waals surface area contributed by atoms with Gasteiger partial charge < -0.3 is 15.7 Å². The highest BCUT2D eigenvalue weighted by molar-refractivity contribution is 5.89. The first kappa shape index (κ1) is 14.6. The van der Waals surface area contributed by atoms with Crippen LogP contribution in [0.25, 0.3) is 0 Å². The molecule has 0 aromatic heterocycles. The summed E-state index contributed by atoms with van der Waals surface area (Å²) in [6.45, 7) is 0.293. The summed E-state index contributed by atoms with van der Waals surface area (Å²) in [7, 11) is 0. The van der Waals surface area contributed by atoms with E-state index in [4.69, 9.17) is 6.42 Å². The van der Waals surface area contributed by atoms with Crippen molar-refractivity contribution < 1.29 is 9.90 Å². The minimum absolute atomic E-state index is 0.0519. The molecule has 0 unspecified atom stereocenters. The van der Waals surface area contributed by atoms with Crippen LogP contribution in [0, 0.1) is 12.3 Å². The smallest absolute Gasteiger partial charge is 0.319 e. The summed E-state index contributed by atoms with van der Waals surface area (Å²) in [5, 5.41) is 14.7. The molecule has 2 rings (SSSR count). The van der Waals surface area contributed by atoms with Gasteiger partial charge in [0.05, 0.1) is 6.61 Å². The highest BCUT2D eigenvalue weighted by atomic mass is 16.3. The maximum absolute atomic E-state index is 11.8. The van der Waals surface area contributed by atoms with Crippen LogP contribution in [0.3, 0.4) is 0 Å². The lowest BCUT2D eigenvalue weighted by molar-refractivity contribution is 0.251. The van der Waals surface area contributed by atoms with E-state index in [1.54, 1.807) is 24.3 Å². The summed E-state index contributed by atoms with van der Waals surface area (Å²) in [6, 6.07) is 14.1. The fourth-order valence-corrected chi connectivity index (χ4v) is 1.92. The maximum atomic E-state index is 11.8. The Labute approximate surface area is 123 Å². The van der Waals surface area contributed by atoms with Gasteiger partial charge in [-0.15, -0.1) is 6.42 Å². The summed E-state index contributed by atoms with van der Waals surface area (Å²) in [5.41, 5.74) is 3.02. The van der Waals surface area contributed by atoms with Crippen molar-refractivity contribution in [3.8, 4) is 12.3 Å². The van der Waals surface area contributed by atoms with E-state index in [2.05, 4.69) is 16.6 Å². The van der Waals surface area contributed by atoms with E-state index in [9.17, 15) is 9.90 Å². The first-order chi connectivity index (χ1) is 10.2. The van der Waals surface area contributed by atoms with Crippen LogP contribution in [-0.2, 0) is 13.2 Å². The van der Waals surface area contributed by atoms with E-state index < -0.39 is 0 Å². The lowest BCUT2D eigenvalue weighted by Crippen LogP contribution is -2.28. The molecule has 106 valence electrons. The second kappa shape index (κ2) is 7.13. The zero-order valence-corrected chi connectivity index (χ0v) is 11.5. The molecule has 0 atom stereocenters. The molecular formula is C17H16N2O2. The minimum Gasteiger partial charge on any atom is -0.392 e. The predicted octanol–water partition coefficient (Wildman–Crippen LogP) is 2.48. The number of terminal acetylenes is 1. The van der Waals surface area contributed by atoms with E-state index in [-0.39, 0.29) is 12.6 Å². The van der Waals surface area contributed by atoms with Gasteiger partial charge in [-0.05, 0) is 29.3 Å². The number of rotatable bonds is 4. The van der Waals surface area contributed by atoms with Gasteiger partial charge in [-0.3, -0.25) is 0 Å². The first-order valence-electron chi connectivity index (χ1n) is 6.52. The summed E-state index contributed by atoms with van der Waals surface area (Å²) >= 11 is 0. The van der Waals surface area contributed by atoms with Crippen LogP contribution in [0.2, 0.25) is 0 Å². The molecule has 2 aromatic carbocycles. The molecule has 4 nitrogen and oxygen atoms in total. The minimum atomic E-state index is -0.322. The predicted molar refractivity (Wildman–Crippen MR) is 82.6 cm³/mol. The van der Waals surface area contributed by atoms with Crippen molar-refractivity contribution in [2.45, 2.75) is 13.2 Å². The summed E-state index contributed by atoms with van der Waals surface area (Å²) in [4.78, 5) is 11.8. The number of nitrogens with one attached hydrogen (secondary N) is 2. The number of amides is 2. The van der Waals surface area contributed by atoms with Gasteiger partial charge in [0, 0.05) is 17.8 Å². The molecule has 0 bridgehead atoms. The van der Waals surface area contributed by atoms with E-state index in [0.717, 1.165) is 11.1 Å². The van der Waals surface area contributed by atoms with Crippen molar-refractivity contribution >= 4 is 11.7 Å². The second-order valence-electron chi connectivity index (χ2n) is 4.46. The number of anilines is 1. The number of hydrogen-bond acceptors (Lipinski definition) is 2. The molecule has 2 amide bonds. The van der Waals surface area contributed by atoms with E-state index in [1.165, 1.54) is 0 Å². The van der Waals surface area contributed by atoms with E-state index in [0.29, 0.717) is 17.8 Å². The van der Waals surface area contributed by atoms with Crippen molar-refractivity contribution in [1.29, 1.82) is 0 Å². The number of aliphatic hydroxyl groups is 1. The third-order valence-electron chi connectivity index (χ3n) is 3.02. The molecule has 0 fully saturated rings. The Morgan fingerprint density at radius 3 is 2.62 bits per heavy atom. The molecule has 21 heavy (non-hydrogen) atoms. The summed E-state index contributed by atoms with van der Waals surface area (Å²) < 4.78 is 0. The molecule has 4 heteroatoms. The quantitative estimate of drug-likeness (QED) is 0.753. The number of urea groups is 1. The third kappa shape index (κ3) is 4.10. The van der Waals surface area contributed by atoms with E-state index in [1.807, 2.05) is 24.3 Å². The zero-order valence-electron chi connectivity index (χ0n) is 11.5. The van der Waals surface area contributed by atoms with Crippen LogP contribution in [0.4, 0.5) is 10.5 Å². The van der Waals surface area contributed by atoms with Crippen LogP contribution >= 0.6 is 0 Å². The maximum Gasteiger partial charge on any atom is 0.319 e. The largest absolute Gasteiger partial charge is 0.392 e. The van der Waals surface area contributed by atoms with Gasteiger partial charge in [0.25, 0.3) is 0 Å². The third-order valence-corrected chi connectivity index (χ3v) is 3.02. The van der Waals surface area contributed by atoms with Crippen molar-refractivity contribution in [3.05, 3.63) is 65.2 Å². The Bertz CT molecular complexity index is 674. The van der Waals surface area contributed by atoms with Crippen LogP contribution < -0.4 is 10.6 Å². The van der Waals surface area contributed by atoms with Crippen LogP contribution in [0.1, 0.15) is 16.7 Å². The van der Waals surface area contributed by atoms with Crippen LogP contribution in [-0.4, -0.2) is 11.1 Å². The topological polar surface area (TPSA) is 61.4 Å². The number of carbonyl (C=O) groups is 1. The Morgan fingerprint density at radius 1 is 1.14 bits per heavy atom. The molecule has 0 spiro atoms. The number of carbonyl (C=O) groups excluding carboxylic acids is 1. The van der Waals surface area contributed by atoms with Crippen molar-refractivity contribution in [1.82, 2.24) is 5.32 Å². The molecule has 0 saturated heterocycles. The van der Waals surface area contributed by atoms with Crippen LogP contribution in [0.15, 0.2) is 48.5 Å².